The van der Waals surface area contributed by atoms with Crippen molar-refractivity contribution < 1.29 is 13.9 Å². The van der Waals surface area contributed by atoms with Gasteiger partial charge in [-0.2, -0.15) is 5.26 Å². The van der Waals surface area contributed by atoms with E-state index in [2.05, 4.69) is 14.9 Å². The minimum Gasteiger partial charge on any atom is -0.488 e. The van der Waals surface area contributed by atoms with Gasteiger partial charge in [0.05, 0.1) is 35.9 Å². The summed E-state index contributed by atoms with van der Waals surface area (Å²) >= 11 is 6.48. The molecule has 0 saturated carbocycles. The van der Waals surface area contributed by atoms with Crippen LogP contribution in [0.25, 0.3) is 11.1 Å². The van der Waals surface area contributed by atoms with Crippen LogP contribution in [0.3, 0.4) is 0 Å². The van der Waals surface area contributed by atoms with Crippen LogP contribution in [0.4, 0.5) is 10.1 Å². The summed E-state index contributed by atoms with van der Waals surface area (Å²) < 4.78 is 20.7. The van der Waals surface area contributed by atoms with Gasteiger partial charge < -0.3 is 14.6 Å². The largest absolute Gasteiger partial charge is 0.488 e. The summed E-state index contributed by atoms with van der Waals surface area (Å²) in [5.74, 6) is 0.0636. The smallest absolute Gasteiger partial charge is 0.241 e. The van der Waals surface area contributed by atoms with Gasteiger partial charge in [-0.25, -0.2) is 9.37 Å². The number of H-pyrrole nitrogens is 1. The minimum absolute atomic E-state index is 0.00000211. The van der Waals surface area contributed by atoms with Crippen LogP contribution in [0.15, 0.2) is 104 Å². The average molecular weight is 606 g/mol. The number of imidazole rings is 1. The Kier molecular flexibility index (Phi) is 8.69. The Morgan fingerprint density at radius 2 is 1.80 bits per heavy atom. The van der Waals surface area contributed by atoms with Crippen LogP contribution in [0, 0.1) is 17.1 Å². The molecule has 0 radical (unpaired) electrons. The molecular formula is C35H29ClFN5O2. The Balaban J connectivity index is 1.25. The van der Waals surface area contributed by atoms with E-state index in [-0.39, 0.29) is 24.1 Å². The molecule has 9 heteroatoms. The minimum atomic E-state index is -0.559. The highest BCUT2D eigenvalue weighted by Crippen LogP contribution is 2.39. The van der Waals surface area contributed by atoms with E-state index >= 15 is 0 Å². The average Bonchev–Trinajstić information content (AvgIpc) is 3.58. The lowest BCUT2D eigenvalue weighted by atomic mass is 9.99. The second-order valence-electron chi connectivity index (χ2n) is 10.6. The SMILES string of the molecule is N#Cc1ccc(CC(c2cnc[nH]2)N2CCN(c3cc(Cl)ccc3-c3ccccc3OCc3ccccc3)C(=O)C2)cc1F. The van der Waals surface area contributed by atoms with Crippen LogP contribution in [-0.4, -0.2) is 40.4 Å². The predicted molar refractivity (Wildman–Crippen MR) is 168 cm³/mol. The van der Waals surface area contributed by atoms with Crippen molar-refractivity contribution in [1.29, 1.82) is 5.26 Å². The molecule has 5 aromatic rings. The number of rotatable bonds is 9. The number of halogens is 2. The van der Waals surface area contributed by atoms with E-state index in [9.17, 15) is 9.18 Å². The molecule has 4 aromatic carbocycles. The molecule has 1 aromatic heterocycles. The molecule has 44 heavy (non-hydrogen) atoms. The maximum absolute atomic E-state index is 14.4. The molecule has 1 aliphatic rings. The number of para-hydroxylation sites is 1. The van der Waals surface area contributed by atoms with Gasteiger partial charge in [0, 0.05) is 35.4 Å². The van der Waals surface area contributed by atoms with E-state index in [1.165, 1.54) is 12.1 Å². The van der Waals surface area contributed by atoms with Gasteiger partial charge in [0.25, 0.3) is 0 Å². The van der Waals surface area contributed by atoms with Gasteiger partial charge in [0.1, 0.15) is 24.2 Å². The van der Waals surface area contributed by atoms with E-state index in [0.29, 0.717) is 42.6 Å². The lowest BCUT2D eigenvalue weighted by Gasteiger charge is -2.39. The van der Waals surface area contributed by atoms with Crippen molar-refractivity contribution in [3.8, 4) is 22.9 Å². The highest BCUT2D eigenvalue weighted by molar-refractivity contribution is 6.31. The molecule has 1 saturated heterocycles. The molecule has 2 heterocycles. The molecule has 7 nitrogen and oxygen atoms in total. The number of nitrogens with zero attached hydrogens (tertiary/aromatic N) is 4. The van der Waals surface area contributed by atoms with Gasteiger partial charge in [-0.1, -0.05) is 72.3 Å². The maximum Gasteiger partial charge on any atom is 0.241 e. The maximum atomic E-state index is 14.4. The fourth-order valence-corrected chi connectivity index (χ4v) is 5.77. The molecule has 1 aliphatic heterocycles. The van der Waals surface area contributed by atoms with Crippen LogP contribution in [-0.2, 0) is 17.8 Å². The first-order valence-electron chi connectivity index (χ1n) is 14.3. The fourth-order valence-electron chi connectivity index (χ4n) is 5.60. The topological polar surface area (TPSA) is 85.2 Å². The van der Waals surface area contributed by atoms with Crippen molar-refractivity contribution in [2.75, 3.05) is 24.5 Å². The number of nitriles is 1. The van der Waals surface area contributed by atoms with Crippen molar-refractivity contribution in [3.05, 3.63) is 137 Å². The number of carbonyl (C=O) groups excluding carboxylic acids is 1. The number of amides is 1. The van der Waals surface area contributed by atoms with Crippen molar-refractivity contribution >= 4 is 23.2 Å². The molecule has 1 N–H and O–H groups in total. The van der Waals surface area contributed by atoms with E-state index in [0.717, 1.165) is 27.9 Å². The van der Waals surface area contributed by atoms with Crippen molar-refractivity contribution in [3.63, 3.8) is 0 Å². The molecule has 1 unspecified atom stereocenters. The summed E-state index contributed by atoms with van der Waals surface area (Å²) in [5, 5.41) is 9.65. The molecule has 0 aliphatic carbocycles. The molecule has 0 spiro atoms. The highest BCUT2D eigenvalue weighted by Gasteiger charge is 2.33. The third-order valence-electron chi connectivity index (χ3n) is 7.82. The number of piperazine rings is 1. The molecule has 6 rings (SSSR count). The second kappa shape index (κ2) is 13.1. The van der Waals surface area contributed by atoms with Crippen molar-refractivity contribution in [2.45, 2.75) is 19.1 Å². The fraction of sp³-hybridized carbons (Fsp3) is 0.171. The Bertz CT molecular complexity index is 1810. The summed E-state index contributed by atoms with van der Waals surface area (Å²) in [5.41, 5.74) is 5.02. The zero-order valence-electron chi connectivity index (χ0n) is 23.8. The monoisotopic (exact) mass is 605 g/mol. The van der Waals surface area contributed by atoms with E-state index < -0.39 is 5.82 Å². The van der Waals surface area contributed by atoms with Crippen LogP contribution >= 0.6 is 11.6 Å². The zero-order valence-corrected chi connectivity index (χ0v) is 24.5. The quantitative estimate of drug-likeness (QED) is 0.196. The third kappa shape index (κ3) is 6.35. The Hall–Kier alpha value is -4.97. The van der Waals surface area contributed by atoms with Gasteiger partial charge in [-0.05, 0) is 47.9 Å². The lowest BCUT2D eigenvalue weighted by molar-refractivity contribution is -0.122. The van der Waals surface area contributed by atoms with Gasteiger partial charge in [-0.15, -0.1) is 0 Å². The Labute approximate surface area is 260 Å². The highest BCUT2D eigenvalue weighted by atomic mass is 35.5. The van der Waals surface area contributed by atoms with E-state index in [1.807, 2.05) is 78.9 Å². The molecule has 1 amide bonds. The second-order valence-corrected chi connectivity index (χ2v) is 11.0. The van der Waals surface area contributed by atoms with E-state index in [1.54, 1.807) is 23.5 Å². The lowest BCUT2D eigenvalue weighted by Crippen LogP contribution is -2.52. The number of ether oxygens (including phenoxy) is 1. The summed E-state index contributed by atoms with van der Waals surface area (Å²) in [6.07, 6.45) is 3.75. The normalized spacial score (nSPS) is 14.3. The number of aromatic nitrogens is 2. The van der Waals surface area contributed by atoms with Crippen LogP contribution in [0.2, 0.25) is 5.02 Å². The number of hydrogen-bond acceptors (Lipinski definition) is 5. The molecule has 220 valence electrons. The number of aromatic amines is 1. The number of anilines is 1. The third-order valence-corrected chi connectivity index (χ3v) is 8.05. The summed E-state index contributed by atoms with van der Waals surface area (Å²) in [6, 6.07) is 29.6. The first kappa shape index (κ1) is 29.1. The van der Waals surface area contributed by atoms with Gasteiger partial charge in [-0.3, -0.25) is 9.69 Å². The number of hydrogen-bond donors (Lipinski definition) is 1. The summed E-state index contributed by atoms with van der Waals surface area (Å²) in [6.45, 7) is 1.54. The molecular weight excluding hydrogens is 577 g/mol. The zero-order chi connectivity index (χ0) is 30.5. The first-order chi connectivity index (χ1) is 21.5. The summed E-state index contributed by atoms with van der Waals surface area (Å²) in [7, 11) is 0. The molecule has 1 fully saturated rings. The first-order valence-corrected chi connectivity index (χ1v) is 14.6. The molecule has 0 bridgehead atoms. The van der Waals surface area contributed by atoms with Crippen LogP contribution in [0.5, 0.6) is 5.75 Å². The van der Waals surface area contributed by atoms with Gasteiger partial charge in [0.2, 0.25) is 5.91 Å². The van der Waals surface area contributed by atoms with Gasteiger partial charge in [0.15, 0.2) is 0 Å². The number of nitrogens with one attached hydrogen (secondary N) is 1. The molecule has 1 atom stereocenters. The van der Waals surface area contributed by atoms with Crippen LogP contribution < -0.4 is 9.64 Å². The Morgan fingerprint density at radius 1 is 0.977 bits per heavy atom. The summed E-state index contributed by atoms with van der Waals surface area (Å²) in [4.78, 5) is 25.0. The van der Waals surface area contributed by atoms with E-state index in [4.69, 9.17) is 21.6 Å². The van der Waals surface area contributed by atoms with Crippen LogP contribution in [0.1, 0.15) is 28.4 Å². The van der Waals surface area contributed by atoms with Crippen molar-refractivity contribution in [2.24, 2.45) is 0 Å². The Morgan fingerprint density at radius 3 is 2.55 bits per heavy atom. The van der Waals surface area contributed by atoms with Crippen molar-refractivity contribution in [1.82, 2.24) is 14.9 Å². The standard InChI is InChI=1S/C35H29ClFN5O2/c36-27-12-13-28(29-8-4-5-9-34(29)44-22-24-6-2-1-3-7-24)32(18-27)42-15-14-41(21-35(42)43)33(31-20-39-23-40-31)17-25-10-11-26(19-38)30(37)16-25/h1-13,16,18,20,23,33H,14-15,17,21-22H2,(H,39,40). The number of benzene rings is 4. The number of carbonyl (C=O) groups is 1. The van der Waals surface area contributed by atoms with Gasteiger partial charge >= 0.3 is 0 Å². The predicted octanol–water partition coefficient (Wildman–Crippen LogP) is 6.95.